The van der Waals surface area contributed by atoms with Crippen molar-refractivity contribution in [2.75, 3.05) is 9.80 Å². The summed E-state index contributed by atoms with van der Waals surface area (Å²) in [5.41, 5.74) is 21.9. The summed E-state index contributed by atoms with van der Waals surface area (Å²) in [6, 6.07) is 58.2. The van der Waals surface area contributed by atoms with Crippen molar-refractivity contribution >= 4 is 84.2 Å². The van der Waals surface area contributed by atoms with E-state index in [2.05, 4.69) is 230 Å². The van der Waals surface area contributed by atoms with Gasteiger partial charge in [0.05, 0.1) is 0 Å². The maximum absolute atomic E-state index is 2.60. The Balaban J connectivity index is 1.15. The van der Waals surface area contributed by atoms with Crippen LogP contribution in [0.2, 0.25) is 0 Å². The van der Waals surface area contributed by atoms with Crippen molar-refractivity contribution in [1.82, 2.24) is 0 Å². The quantitative estimate of drug-likeness (QED) is 0.163. The summed E-state index contributed by atoms with van der Waals surface area (Å²) in [4.78, 5) is 6.69. The topological polar surface area (TPSA) is 6.48 Å². The smallest absolute Gasteiger partial charge is 0.252 e. The van der Waals surface area contributed by atoms with E-state index in [1.54, 1.807) is 0 Å². The molecule has 2 aliphatic heterocycles. The van der Waals surface area contributed by atoms with Gasteiger partial charge in [0, 0.05) is 54.7 Å². The number of allylic oxidation sites excluding steroid dienone is 1. The first-order valence-electron chi connectivity index (χ1n) is 23.2. The number of anilines is 6. The van der Waals surface area contributed by atoms with E-state index in [0.717, 1.165) is 12.8 Å². The van der Waals surface area contributed by atoms with Gasteiger partial charge in [-0.15, -0.1) is 11.3 Å². The van der Waals surface area contributed by atoms with Gasteiger partial charge in [-0.3, -0.25) is 0 Å². The average Bonchev–Trinajstić information content (AvgIpc) is 3.67. The molecule has 0 N–H and O–H groups in total. The van der Waals surface area contributed by atoms with Gasteiger partial charge in [0.2, 0.25) is 0 Å². The van der Waals surface area contributed by atoms with Gasteiger partial charge in [-0.05, 0) is 139 Å². The van der Waals surface area contributed by atoms with Crippen LogP contribution in [0.4, 0.5) is 34.1 Å². The average molecular weight is 849 g/mol. The van der Waals surface area contributed by atoms with Crippen LogP contribution in [0.3, 0.4) is 0 Å². The lowest BCUT2D eigenvalue weighted by Crippen LogP contribution is -2.61. The minimum Gasteiger partial charge on any atom is -0.311 e. The van der Waals surface area contributed by atoms with Gasteiger partial charge in [0.15, 0.2) is 0 Å². The zero-order valence-corrected chi connectivity index (χ0v) is 39.6. The molecule has 1 aliphatic carbocycles. The maximum Gasteiger partial charge on any atom is 0.252 e. The van der Waals surface area contributed by atoms with Crippen molar-refractivity contribution in [1.29, 1.82) is 0 Å². The van der Waals surface area contributed by atoms with Crippen LogP contribution in [0.1, 0.15) is 101 Å². The Morgan fingerprint density at radius 3 is 1.50 bits per heavy atom. The molecule has 0 atom stereocenters. The second kappa shape index (κ2) is 14.7. The molecule has 0 amide bonds. The summed E-state index contributed by atoms with van der Waals surface area (Å²) in [7, 11) is 0. The second-order valence-corrected chi connectivity index (χ2v) is 22.5. The molecular formula is C60H57BN2S. The highest BCUT2D eigenvalue weighted by Crippen LogP contribution is 2.48. The van der Waals surface area contributed by atoms with Crippen molar-refractivity contribution in [2.45, 2.75) is 91.4 Å². The zero-order valence-electron chi connectivity index (χ0n) is 38.8. The number of benzene rings is 7. The molecule has 0 fully saturated rings. The Morgan fingerprint density at radius 2 is 0.953 bits per heavy atom. The largest absolute Gasteiger partial charge is 0.311 e. The molecule has 0 unspecified atom stereocenters. The van der Waals surface area contributed by atoms with Crippen molar-refractivity contribution in [3.63, 3.8) is 0 Å². The molecule has 3 heterocycles. The molecule has 8 aromatic rings. The van der Waals surface area contributed by atoms with Crippen LogP contribution in [0.15, 0.2) is 158 Å². The third-order valence-electron chi connectivity index (χ3n) is 14.0. The first kappa shape index (κ1) is 40.7. The molecule has 0 radical (unpaired) electrons. The highest BCUT2D eigenvalue weighted by Gasteiger charge is 2.45. The minimum atomic E-state index is -0.102. The molecule has 11 rings (SSSR count). The van der Waals surface area contributed by atoms with E-state index in [1.165, 1.54) is 110 Å². The molecule has 316 valence electrons. The second-order valence-electron chi connectivity index (χ2n) is 21.3. The lowest BCUT2D eigenvalue weighted by Gasteiger charge is -2.45. The normalized spacial score (nSPS) is 14.5. The predicted octanol–water partition coefficient (Wildman–Crippen LogP) is 14.9. The van der Waals surface area contributed by atoms with Crippen molar-refractivity contribution < 1.29 is 0 Å². The van der Waals surface area contributed by atoms with Crippen LogP contribution in [0, 0.1) is 0 Å². The molecule has 3 aliphatic rings. The van der Waals surface area contributed by atoms with Gasteiger partial charge >= 0.3 is 0 Å². The monoisotopic (exact) mass is 848 g/mol. The van der Waals surface area contributed by atoms with Crippen molar-refractivity contribution in [3.8, 4) is 11.1 Å². The standard InChI is InChI=1S/C60H57BN2S/c1-58(2,3)41-26-32-48-50(34-41)62(44-28-22-39(23-29-44)38-16-11-10-12-17-38)52-36-43(60(7,8)9)37-53-57(52)61(48)49-33-27-42(59(4,5)6)35-51(49)63(53)45-30-24-40(25-31-45)46-19-15-21-55-56(46)47-18-13-14-20-54(47)64-55/h10-14,16-20,22-37H,15,21H2,1-9H3. The number of fused-ring (bicyclic) bond motifs is 7. The van der Waals surface area contributed by atoms with Gasteiger partial charge in [0.25, 0.3) is 6.71 Å². The summed E-state index contributed by atoms with van der Waals surface area (Å²) in [6.07, 6.45) is 4.66. The van der Waals surface area contributed by atoms with Gasteiger partial charge < -0.3 is 9.80 Å². The molecule has 64 heavy (non-hydrogen) atoms. The van der Waals surface area contributed by atoms with E-state index in [9.17, 15) is 0 Å². The Morgan fingerprint density at radius 1 is 0.469 bits per heavy atom. The van der Waals surface area contributed by atoms with E-state index in [4.69, 9.17) is 0 Å². The summed E-state index contributed by atoms with van der Waals surface area (Å²) < 4.78 is 1.38. The van der Waals surface area contributed by atoms with Gasteiger partial charge in [-0.2, -0.15) is 0 Å². The van der Waals surface area contributed by atoms with E-state index < -0.39 is 0 Å². The number of hydrogen-bond acceptors (Lipinski definition) is 3. The number of hydrogen-bond donors (Lipinski definition) is 0. The van der Waals surface area contributed by atoms with Crippen LogP contribution in [0.5, 0.6) is 0 Å². The molecule has 0 saturated heterocycles. The summed E-state index contributed by atoms with van der Waals surface area (Å²) in [5, 5.41) is 1.38. The van der Waals surface area contributed by atoms with Crippen LogP contribution < -0.4 is 26.2 Å². The summed E-state index contributed by atoms with van der Waals surface area (Å²) >= 11 is 1.97. The third-order valence-corrected chi connectivity index (χ3v) is 15.2. The SMILES string of the molecule is CC(C)(C)c1ccc2c(c1)N(c1ccc(C3=CCCc4sc5ccccc5c43)cc1)c1cc(C(C)(C)C)cc3c1B2c1ccc(C(C)(C)C)cc1N3c1ccc(-c2ccccc2)cc1. The Labute approximate surface area is 385 Å². The van der Waals surface area contributed by atoms with Gasteiger partial charge in [-0.25, -0.2) is 0 Å². The third kappa shape index (κ3) is 6.67. The molecule has 0 spiro atoms. The molecule has 0 bridgehead atoms. The molecule has 4 heteroatoms. The number of nitrogens with zero attached hydrogens (tertiary/aromatic N) is 2. The fraction of sp³-hybridized carbons (Fsp3) is 0.233. The fourth-order valence-corrected chi connectivity index (χ4v) is 11.6. The van der Waals surface area contributed by atoms with Crippen LogP contribution in [-0.4, -0.2) is 6.71 Å². The predicted molar refractivity (Wildman–Crippen MR) is 279 cm³/mol. The van der Waals surface area contributed by atoms with E-state index in [-0.39, 0.29) is 23.0 Å². The first-order valence-corrected chi connectivity index (χ1v) is 24.0. The maximum atomic E-state index is 2.60. The number of aryl methyl sites for hydroxylation is 1. The highest BCUT2D eigenvalue weighted by molar-refractivity contribution is 7.19. The van der Waals surface area contributed by atoms with Gasteiger partial charge in [-0.1, -0.05) is 165 Å². The molecular weight excluding hydrogens is 792 g/mol. The summed E-state index contributed by atoms with van der Waals surface area (Å²) in [5.74, 6) is 0. The Hall–Kier alpha value is -6.10. The highest BCUT2D eigenvalue weighted by atomic mass is 32.1. The van der Waals surface area contributed by atoms with Crippen LogP contribution in [0.25, 0.3) is 26.8 Å². The Bertz CT molecular complexity index is 3150. The van der Waals surface area contributed by atoms with E-state index >= 15 is 0 Å². The van der Waals surface area contributed by atoms with E-state index in [0.29, 0.717) is 0 Å². The molecule has 1 aromatic heterocycles. The Kier molecular flexibility index (Phi) is 9.36. The lowest BCUT2D eigenvalue weighted by molar-refractivity contribution is 0.590. The van der Waals surface area contributed by atoms with Crippen molar-refractivity contribution in [2.24, 2.45) is 0 Å². The van der Waals surface area contributed by atoms with Crippen molar-refractivity contribution in [3.05, 3.63) is 190 Å². The molecule has 0 saturated carbocycles. The molecule has 2 nitrogen and oxygen atoms in total. The van der Waals surface area contributed by atoms with Gasteiger partial charge in [0.1, 0.15) is 0 Å². The minimum absolute atomic E-state index is 0.0165. The molecule has 7 aromatic carbocycles. The zero-order chi connectivity index (χ0) is 44.3. The number of rotatable bonds is 4. The van der Waals surface area contributed by atoms with Crippen LogP contribution >= 0.6 is 11.3 Å². The number of thiophene rings is 1. The summed E-state index contributed by atoms with van der Waals surface area (Å²) in [6.45, 7) is 21.2. The fourth-order valence-electron chi connectivity index (χ4n) is 10.4. The van der Waals surface area contributed by atoms with Crippen LogP contribution in [-0.2, 0) is 22.7 Å². The lowest BCUT2D eigenvalue weighted by atomic mass is 9.33. The first-order chi connectivity index (χ1) is 30.6. The van der Waals surface area contributed by atoms with E-state index in [1.807, 2.05) is 11.3 Å².